The number of aromatic nitrogens is 4. The number of halogens is 1. The largest absolute Gasteiger partial charge is 0.438 e. The molecule has 0 unspecified atom stereocenters. The van der Waals surface area contributed by atoms with Gasteiger partial charge in [0, 0.05) is 0 Å². The molecule has 0 aliphatic heterocycles. The van der Waals surface area contributed by atoms with Gasteiger partial charge in [-0.05, 0) is 60.4 Å². The Hall–Kier alpha value is -3.28. The average Bonchev–Trinajstić information content (AvgIpc) is 3.07. The van der Waals surface area contributed by atoms with Gasteiger partial charge in [0.05, 0.1) is 11.9 Å². The second kappa shape index (κ2) is 6.79. The van der Waals surface area contributed by atoms with Crippen LogP contribution in [-0.2, 0) is 0 Å². The van der Waals surface area contributed by atoms with Gasteiger partial charge in [-0.15, -0.1) is 0 Å². The van der Waals surface area contributed by atoms with Crippen LogP contribution in [0.25, 0.3) is 16.7 Å². The van der Waals surface area contributed by atoms with Crippen LogP contribution in [0.3, 0.4) is 0 Å². The predicted octanol–water partition coefficient (Wildman–Crippen LogP) is 5.18. The molecule has 0 radical (unpaired) electrons. The number of aryl methyl sites for hydroxylation is 1. The molecule has 2 aromatic heterocycles. The average molecular weight is 362 g/mol. The summed E-state index contributed by atoms with van der Waals surface area (Å²) in [5, 5.41) is 5.06. The summed E-state index contributed by atoms with van der Waals surface area (Å²) in [6, 6.07) is 12.2. The fraction of sp³-hybridized carbons (Fsp3) is 0.190. The van der Waals surface area contributed by atoms with Crippen LogP contribution >= 0.6 is 0 Å². The van der Waals surface area contributed by atoms with E-state index in [1.165, 1.54) is 24.0 Å². The number of hydrogen-bond donors (Lipinski definition) is 0. The van der Waals surface area contributed by atoms with Crippen molar-refractivity contribution in [3.63, 3.8) is 0 Å². The fourth-order valence-electron chi connectivity index (χ4n) is 2.96. The number of benzene rings is 2. The lowest BCUT2D eigenvalue weighted by Gasteiger charge is -2.11. The third kappa shape index (κ3) is 3.38. The van der Waals surface area contributed by atoms with Crippen molar-refractivity contribution < 1.29 is 9.13 Å². The van der Waals surface area contributed by atoms with E-state index in [9.17, 15) is 4.39 Å². The Labute approximate surface area is 156 Å². The highest BCUT2D eigenvalue weighted by Gasteiger charge is 2.14. The van der Waals surface area contributed by atoms with Crippen molar-refractivity contribution in [3.05, 3.63) is 71.9 Å². The quantitative estimate of drug-likeness (QED) is 0.502. The lowest BCUT2D eigenvalue weighted by atomic mass is 10.0. The van der Waals surface area contributed by atoms with Gasteiger partial charge in [-0.25, -0.2) is 19.0 Å². The molecule has 0 spiro atoms. The van der Waals surface area contributed by atoms with E-state index in [1.54, 1.807) is 23.0 Å². The molecule has 2 heterocycles. The van der Waals surface area contributed by atoms with Gasteiger partial charge in [-0.3, -0.25) is 0 Å². The van der Waals surface area contributed by atoms with Gasteiger partial charge in [0.25, 0.3) is 0 Å². The second-order valence-electron chi connectivity index (χ2n) is 6.79. The third-order valence-electron chi connectivity index (χ3n) is 4.35. The number of rotatable bonds is 4. The number of hydrogen-bond acceptors (Lipinski definition) is 4. The molecule has 0 aliphatic rings. The van der Waals surface area contributed by atoms with Crippen LogP contribution in [0.15, 0.2) is 55.0 Å². The van der Waals surface area contributed by atoms with Crippen LogP contribution in [0.2, 0.25) is 0 Å². The normalized spacial score (nSPS) is 11.3. The van der Waals surface area contributed by atoms with Gasteiger partial charge in [0.2, 0.25) is 5.88 Å². The Morgan fingerprint density at radius 2 is 1.81 bits per heavy atom. The molecule has 5 nitrogen and oxygen atoms in total. The zero-order valence-corrected chi connectivity index (χ0v) is 15.3. The third-order valence-corrected chi connectivity index (χ3v) is 4.35. The van der Waals surface area contributed by atoms with E-state index >= 15 is 0 Å². The fourth-order valence-corrected chi connectivity index (χ4v) is 2.96. The van der Waals surface area contributed by atoms with Crippen molar-refractivity contribution >= 4 is 11.0 Å². The lowest BCUT2D eigenvalue weighted by Crippen LogP contribution is -1.98. The summed E-state index contributed by atoms with van der Waals surface area (Å²) in [6.07, 6.45) is 3.10. The molecular formula is C21H19FN4O. The van der Waals surface area contributed by atoms with Crippen LogP contribution < -0.4 is 4.74 Å². The molecule has 0 fully saturated rings. The van der Waals surface area contributed by atoms with Crippen LogP contribution in [0.1, 0.15) is 30.9 Å². The molecule has 136 valence electrons. The van der Waals surface area contributed by atoms with Crippen molar-refractivity contribution in [2.45, 2.75) is 26.7 Å². The lowest BCUT2D eigenvalue weighted by molar-refractivity contribution is 0.466. The Balaban J connectivity index is 1.75. The maximum atomic E-state index is 13.2. The van der Waals surface area contributed by atoms with Crippen molar-refractivity contribution in [2.75, 3.05) is 0 Å². The van der Waals surface area contributed by atoms with E-state index in [-0.39, 0.29) is 5.82 Å². The molecular weight excluding hydrogens is 343 g/mol. The summed E-state index contributed by atoms with van der Waals surface area (Å²) in [4.78, 5) is 8.60. The van der Waals surface area contributed by atoms with Gasteiger partial charge < -0.3 is 4.74 Å². The Morgan fingerprint density at radius 1 is 1.04 bits per heavy atom. The Morgan fingerprint density at radius 3 is 2.56 bits per heavy atom. The molecule has 4 aromatic rings. The van der Waals surface area contributed by atoms with Crippen molar-refractivity contribution in [1.29, 1.82) is 0 Å². The van der Waals surface area contributed by atoms with Crippen molar-refractivity contribution in [2.24, 2.45) is 0 Å². The highest BCUT2D eigenvalue weighted by Crippen LogP contribution is 2.30. The monoisotopic (exact) mass is 362 g/mol. The maximum Gasteiger partial charge on any atom is 0.233 e. The first kappa shape index (κ1) is 17.1. The van der Waals surface area contributed by atoms with Gasteiger partial charge in [-0.1, -0.05) is 19.9 Å². The summed E-state index contributed by atoms with van der Waals surface area (Å²) >= 11 is 0. The molecule has 0 aliphatic carbocycles. The molecule has 0 bridgehead atoms. The van der Waals surface area contributed by atoms with Gasteiger partial charge in [0.1, 0.15) is 23.3 Å². The van der Waals surface area contributed by atoms with E-state index in [0.717, 1.165) is 11.3 Å². The highest BCUT2D eigenvalue weighted by atomic mass is 19.1. The smallest absolute Gasteiger partial charge is 0.233 e. The first-order valence-corrected chi connectivity index (χ1v) is 8.75. The summed E-state index contributed by atoms with van der Waals surface area (Å²) in [7, 11) is 0. The van der Waals surface area contributed by atoms with E-state index in [1.807, 2.05) is 19.1 Å². The van der Waals surface area contributed by atoms with E-state index in [0.29, 0.717) is 28.5 Å². The molecule has 2 aromatic carbocycles. The Bertz CT molecular complexity index is 1100. The highest BCUT2D eigenvalue weighted by molar-refractivity contribution is 5.81. The summed E-state index contributed by atoms with van der Waals surface area (Å²) in [5.41, 5.74) is 3.65. The summed E-state index contributed by atoms with van der Waals surface area (Å²) in [5.74, 6) is 1.27. The number of nitrogens with zero attached hydrogens (tertiary/aromatic N) is 4. The number of fused-ring (bicyclic) bond motifs is 1. The summed E-state index contributed by atoms with van der Waals surface area (Å²) in [6.45, 7) is 6.34. The van der Waals surface area contributed by atoms with E-state index in [2.05, 4.69) is 35.0 Å². The summed E-state index contributed by atoms with van der Waals surface area (Å²) < 4.78 is 20.9. The minimum atomic E-state index is -0.297. The second-order valence-corrected chi connectivity index (χ2v) is 6.79. The van der Waals surface area contributed by atoms with Crippen molar-refractivity contribution in [1.82, 2.24) is 19.7 Å². The zero-order valence-electron chi connectivity index (χ0n) is 15.3. The van der Waals surface area contributed by atoms with Gasteiger partial charge in [-0.2, -0.15) is 5.10 Å². The molecule has 6 heteroatoms. The first-order valence-electron chi connectivity index (χ1n) is 8.75. The molecule has 0 saturated heterocycles. The number of ether oxygens (including phenoxy) is 1. The molecule has 0 saturated carbocycles. The van der Waals surface area contributed by atoms with E-state index < -0.39 is 0 Å². The molecule has 0 atom stereocenters. The van der Waals surface area contributed by atoms with Crippen molar-refractivity contribution in [3.8, 4) is 17.3 Å². The molecule has 0 N–H and O–H groups in total. The van der Waals surface area contributed by atoms with E-state index in [4.69, 9.17) is 4.74 Å². The molecule has 4 rings (SSSR count). The minimum absolute atomic E-state index is 0.297. The van der Waals surface area contributed by atoms with Crippen LogP contribution in [-0.4, -0.2) is 19.7 Å². The minimum Gasteiger partial charge on any atom is -0.438 e. The topological polar surface area (TPSA) is 52.8 Å². The van der Waals surface area contributed by atoms with Gasteiger partial charge in [0.15, 0.2) is 5.65 Å². The van der Waals surface area contributed by atoms with Gasteiger partial charge >= 0.3 is 0 Å². The standard InChI is InChI=1S/C21H19FN4O/c1-13(2)15-8-14(3)9-18(10-15)27-21-19-11-25-26(20(19)23-12-24-21)17-6-4-16(22)5-7-17/h4-13H,1-3H3. The van der Waals surface area contributed by atoms with Crippen LogP contribution in [0, 0.1) is 12.7 Å². The SMILES string of the molecule is Cc1cc(Oc2ncnc3c2cnn3-c2ccc(F)cc2)cc(C(C)C)c1. The van der Waals surface area contributed by atoms with Crippen LogP contribution in [0.4, 0.5) is 4.39 Å². The Kier molecular flexibility index (Phi) is 4.32. The van der Waals surface area contributed by atoms with Crippen LogP contribution in [0.5, 0.6) is 11.6 Å². The molecule has 27 heavy (non-hydrogen) atoms. The maximum absolute atomic E-state index is 13.2. The molecule has 0 amide bonds. The predicted molar refractivity (Wildman–Crippen MR) is 102 cm³/mol. The zero-order chi connectivity index (χ0) is 19.0. The first-order chi connectivity index (χ1) is 13.0.